The molecular weight excluding hydrogens is 268 g/mol. The molecule has 5 heteroatoms. The van der Waals surface area contributed by atoms with Crippen molar-refractivity contribution in [2.75, 3.05) is 0 Å². The molecule has 0 fully saturated rings. The smallest absolute Gasteiger partial charge is 0.329 e. The summed E-state index contributed by atoms with van der Waals surface area (Å²) >= 11 is 0. The molecule has 0 atom stereocenters. The number of aliphatic carboxylic acids is 1. The van der Waals surface area contributed by atoms with Crippen molar-refractivity contribution in [3.63, 3.8) is 0 Å². The first-order chi connectivity index (χ1) is 9.97. The number of carbonyl (C=O) groups excluding carboxylic acids is 1. The van der Waals surface area contributed by atoms with Gasteiger partial charge >= 0.3 is 5.97 Å². The summed E-state index contributed by atoms with van der Waals surface area (Å²) in [7, 11) is 0. The van der Waals surface area contributed by atoms with E-state index in [1.54, 1.807) is 44.2 Å². The molecule has 1 aromatic carbocycles. The first kappa shape index (κ1) is 16.4. The number of hydrogen-bond donors (Lipinski definition) is 2. The van der Waals surface area contributed by atoms with E-state index >= 15 is 0 Å². The van der Waals surface area contributed by atoms with Gasteiger partial charge in [0.25, 0.3) is 0 Å². The van der Waals surface area contributed by atoms with Crippen molar-refractivity contribution in [1.29, 1.82) is 5.26 Å². The van der Waals surface area contributed by atoms with E-state index in [1.165, 1.54) is 6.08 Å². The average Bonchev–Trinajstić information content (AvgIpc) is 2.50. The van der Waals surface area contributed by atoms with Gasteiger partial charge in [-0.1, -0.05) is 26.0 Å². The van der Waals surface area contributed by atoms with E-state index in [0.29, 0.717) is 24.0 Å². The Morgan fingerprint density at radius 1 is 1.38 bits per heavy atom. The molecule has 1 rings (SSSR count). The fourth-order valence-corrected chi connectivity index (χ4v) is 1.94. The van der Waals surface area contributed by atoms with Crippen LogP contribution in [0.2, 0.25) is 0 Å². The lowest BCUT2D eigenvalue weighted by molar-refractivity contribution is -0.147. The van der Waals surface area contributed by atoms with E-state index in [0.717, 1.165) is 0 Å². The van der Waals surface area contributed by atoms with Crippen LogP contribution < -0.4 is 5.32 Å². The molecule has 0 aromatic heterocycles. The van der Waals surface area contributed by atoms with Crippen molar-refractivity contribution < 1.29 is 14.7 Å². The predicted molar refractivity (Wildman–Crippen MR) is 79.3 cm³/mol. The van der Waals surface area contributed by atoms with Crippen molar-refractivity contribution in [3.05, 3.63) is 41.5 Å². The van der Waals surface area contributed by atoms with Crippen LogP contribution in [0.25, 0.3) is 6.08 Å². The molecule has 0 unspecified atom stereocenters. The standard InChI is InChI=1S/C16H18N2O3/c1-3-16(4-2,15(20)21)18-14(19)9-8-12-6-5-7-13(10-12)11-17/h5-10H,3-4H2,1-2H3,(H,18,19)(H,20,21). The molecule has 0 aliphatic carbocycles. The van der Waals surface area contributed by atoms with Crippen LogP contribution in [0.5, 0.6) is 0 Å². The Morgan fingerprint density at radius 3 is 2.57 bits per heavy atom. The monoisotopic (exact) mass is 286 g/mol. The third kappa shape index (κ3) is 4.18. The number of carboxylic acid groups (broad SMARTS) is 1. The summed E-state index contributed by atoms with van der Waals surface area (Å²) in [6, 6.07) is 8.81. The number of carbonyl (C=O) groups is 2. The van der Waals surface area contributed by atoms with Crippen LogP contribution in [0.15, 0.2) is 30.3 Å². The zero-order chi connectivity index (χ0) is 15.9. The molecule has 0 aliphatic heterocycles. The molecule has 2 N–H and O–H groups in total. The highest BCUT2D eigenvalue weighted by atomic mass is 16.4. The number of hydrogen-bond acceptors (Lipinski definition) is 3. The van der Waals surface area contributed by atoms with E-state index in [4.69, 9.17) is 5.26 Å². The maximum absolute atomic E-state index is 11.9. The minimum Gasteiger partial charge on any atom is -0.480 e. The molecule has 0 radical (unpaired) electrons. The molecule has 0 aliphatic rings. The van der Waals surface area contributed by atoms with E-state index in [2.05, 4.69) is 5.32 Å². The number of nitrogens with zero attached hydrogens (tertiary/aromatic N) is 1. The van der Waals surface area contributed by atoms with Gasteiger partial charge in [-0.05, 0) is 36.6 Å². The molecule has 5 nitrogen and oxygen atoms in total. The van der Waals surface area contributed by atoms with Gasteiger partial charge in [-0.2, -0.15) is 5.26 Å². The van der Waals surface area contributed by atoms with Gasteiger partial charge in [0, 0.05) is 6.08 Å². The summed E-state index contributed by atoms with van der Waals surface area (Å²) in [6.07, 6.45) is 3.44. The minimum atomic E-state index is -1.24. The van der Waals surface area contributed by atoms with E-state index in [-0.39, 0.29) is 0 Å². The van der Waals surface area contributed by atoms with Crippen molar-refractivity contribution in [2.45, 2.75) is 32.2 Å². The molecule has 1 aromatic rings. The Kier molecular flexibility index (Phi) is 5.67. The van der Waals surface area contributed by atoms with Crippen LogP contribution in [0.4, 0.5) is 0 Å². The molecule has 0 saturated carbocycles. The maximum atomic E-state index is 11.9. The highest BCUT2D eigenvalue weighted by Gasteiger charge is 2.35. The second kappa shape index (κ2) is 7.25. The molecule has 0 heterocycles. The lowest BCUT2D eigenvalue weighted by atomic mass is 9.93. The lowest BCUT2D eigenvalue weighted by Crippen LogP contribution is -2.53. The van der Waals surface area contributed by atoms with Gasteiger partial charge < -0.3 is 10.4 Å². The van der Waals surface area contributed by atoms with Crippen LogP contribution in [-0.4, -0.2) is 22.5 Å². The minimum absolute atomic E-state index is 0.308. The average molecular weight is 286 g/mol. The summed E-state index contributed by atoms with van der Waals surface area (Å²) < 4.78 is 0. The Labute approximate surface area is 123 Å². The molecule has 1 amide bonds. The zero-order valence-electron chi connectivity index (χ0n) is 12.1. The van der Waals surface area contributed by atoms with Gasteiger partial charge in [0.05, 0.1) is 11.6 Å². The summed E-state index contributed by atoms with van der Waals surface area (Å²) in [6.45, 7) is 3.44. The molecule has 110 valence electrons. The first-order valence-corrected chi connectivity index (χ1v) is 6.71. The molecule has 0 saturated heterocycles. The van der Waals surface area contributed by atoms with Gasteiger partial charge in [-0.25, -0.2) is 4.79 Å². The second-order valence-electron chi connectivity index (χ2n) is 4.65. The fourth-order valence-electron chi connectivity index (χ4n) is 1.94. The fraction of sp³-hybridized carbons (Fsp3) is 0.312. The van der Waals surface area contributed by atoms with Gasteiger partial charge in [-0.15, -0.1) is 0 Å². The van der Waals surface area contributed by atoms with Gasteiger partial charge in [0.1, 0.15) is 5.54 Å². The first-order valence-electron chi connectivity index (χ1n) is 6.71. The number of benzene rings is 1. The van der Waals surface area contributed by atoms with Crippen LogP contribution in [-0.2, 0) is 9.59 Å². The SMILES string of the molecule is CCC(CC)(NC(=O)C=Cc1cccc(C#N)c1)C(=O)O. The molecule has 0 bridgehead atoms. The summed E-state index contributed by atoms with van der Waals surface area (Å²) in [5, 5.41) is 20.6. The number of amides is 1. The van der Waals surface area contributed by atoms with Gasteiger partial charge in [0.2, 0.25) is 5.91 Å². The van der Waals surface area contributed by atoms with Crippen LogP contribution in [0.3, 0.4) is 0 Å². The third-order valence-corrected chi connectivity index (χ3v) is 3.42. The normalized spacial score (nSPS) is 11.1. The van der Waals surface area contributed by atoms with Crippen molar-refractivity contribution in [1.82, 2.24) is 5.32 Å². The molecule has 0 spiro atoms. The van der Waals surface area contributed by atoms with Gasteiger partial charge in [-0.3, -0.25) is 4.79 Å². The quantitative estimate of drug-likeness (QED) is 0.785. The number of rotatable bonds is 6. The Hall–Kier alpha value is -2.61. The van der Waals surface area contributed by atoms with Crippen molar-refractivity contribution in [3.8, 4) is 6.07 Å². The van der Waals surface area contributed by atoms with E-state index in [9.17, 15) is 14.7 Å². The van der Waals surface area contributed by atoms with Crippen LogP contribution in [0, 0.1) is 11.3 Å². The third-order valence-electron chi connectivity index (χ3n) is 3.42. The number of carboxylic acids is 1. The Morgan fingerprint density at radius 2 is 2.05 bits per heavy atom. The summed E-state index contributed by atoms with van der Waals surface area (Å²) in [5.41, 5.74) is -0.0340. The van der Waals surface area contributed by atoms with E-state index < -0.39 is 17.4 Å². The second-order valence-corrected chi connectivity index (χ2v) is 4.65. The topological polar surface area (TPSA) is 90.2 Å². The van der Waals surface area contributed by atoms with Crippen molar-refractivity contribution >= 4 is 18.0 Å². The Bertz CT molecular complexity index is 596. The van der Waals surface area contributed by atoms with Gasteiger partial charge in [0.15, 0.2) is 0 Å². The zero-order valence-corrected chi connectivity index (χ0v) is 12.1. The lowest BCUT2D eigenvalue weighted by Gasteiger charge is -2.27. The van der Waals surface area contributed by atoms with Crippen LogP contribution in [0.1, 0.15) is 37.8 Å². The highest BCUT2D eigenvalue weighted by Crippen LogP contribution is 2.15. The number of nitrogens with one attached hydrogen (secondary N) is 1. The summed E-state index contributed by atoms with van der Waals surface area (Å²) in [4.78, 5) is 23.2. The molecular formula is C16H18N2O3. The predicted octanol–water partition coefficient (Wildman–Crippen LogP) is 2.33. The number of nitriles is 1. The highest BCUT2D eigenvalue weighted by molar-refractivity contribution is 5.95. The van der Waals surface area contributed by atoms with Crippen LogP contribution >= 0.6 is 0 Å². The van der Waals surface area contributed by atoms with E-state index in [1.807, 2.05) is 6.07 Å². The largest absolute Gasteiger partial charge is 0.480 e. The summed E-state index contributed by atoms with van der Waals surface area (Å²) in [5.74, 6) is -1.51. The maximum Gasteiger partial charge on any atom is 0.329 e. The van der Waals surface area contributed by atoms with Crippen molar-refractivity contribution in [2.24, 2.45) is 0 Å². The molecule has 21 heavy (non-hydrogen) atoms. The Balaban J connectivity index is 2.83.